The number of nitrogens with zero attached hydrogens (tertiary/aromatic N) is 1. The maximum absolute atomic E-state index is 13.1. The highest BCUT2D eigenvalue weighted by Crippen LogP contribution is 2.33. The summed E-state index contributed by atoms with van der Waals surface area (Å²) in [7, 11) is -2.16. The van der Waals surface area contributed by atoms with E-state index in [-0.39, 0.29) is 35.7 Å². The van der Waals surface area contributed by atoms with Crippen LogP contribution in [0.15, 0.2) is 47.4 Å². The number of benzene rings is 2. The van der Waals surface area contributed by atoms with E-state index < -0.39 is 16.1 Å². The topological polar surface area (TPSA) is 114 Å². The van der Waals surface area contributed by atoms with Crippen molar-refractivity contribution in [3.8, 4) is 11.5 Å². The third-order valence-corrected chi connectivity index (χ3v) is 7.86. The SMILES string of the molecule is COc1ccc(CNC(=O)C2CCN(S(=O)(=O)c3ccc4c(c3)NC(=O)[C@@H](C)O4)CC2)cc1. The number of fused-ring (bicyclic) bond motifs is 1. The summed E-state index contributed by atoms with van der Waals surface area (Å²) in [5.74, 6) is 0.548. The van der Waals surface area contributed by atoms with Gasteiger partial charge in [-0.05, 0) is 55.7 Å². The molecule has 2 amide bonds. The van der Waals surface area contributed by atoms with Crippen molar-refractivity contribution in [2.75, 3.05) is 25.5 Å². The lowest BCUT2D eigenvalue weighted by atomic mass is 9.97. The Bertz CT molecular complexity index is 1140. The number of carbonyl (C=O) groups is 2. The van der Waals surface area contributed by atoms with E-state index >= 15 is 0 Å². The maximum atomic E-state index is 13.1. The van der Waals surface area contributed by atoms with Crippen molar-refractivity contribution >= 4 is 27.5 Å². The largest absolute Gasteiger partial charge is 0.497 e. The van der Waals surface area contributed by atoms with Gasteiger partial charge in [-0.25, -0.2) is 8.42 Å². The van der Waals surface area contributed by atoms with Crippen LogP contribution in [0.3, 0.4) is 0 Å². The minimum atomic E-state index is -3.75. The van der Waals surface area contributed by atoms with Gasteiger partial charge in [0.1, 0.15) is 11.5 Å². The molecule has 0 aromatic heterocycles. The van der Waals surface area contributed by atoms with E-state index in [1.165, 1.54) is 16.4 Å². The number of ether oxygens (including phenoxy) is 2. The van der Waals surface area contributed by atoms with Gasteiger partial charge in [-0.15, -0.1) is 0 Å². The molecule has 0 unspecified atom stereocenters. The summed E-state index contributed by atoms with van der Waals surface area (Å²) >= 11 is 0. The monoisotopic (exact) mass is 473 g/mol. The number of amides is 2. The van der Waals surface area contributed by atoms with Crippen LogP contribution in [0.2, 0.25) is 0 Å². The molecule has 1 atom stereocenters. The molecule has 2 aromatic carbocycles. The zero-order valence-corrected chi connectivity index (χ0v) is 19.4. The molecule has 33 heavy (non-hydrogen) atoms. The van der Waals surface area contributed by atoms with E-state index in [2.05, 4.69) is 10.6 Å². The second-order valence-electron chi connectivity index (χ2n) is 8.15. The third kappa shape index (κ3) is 4.96. The summed E-state index contributed by atoms with van der Waals surface area (Å²) in [5.41, 5.74) is 1.30. The summed E-state index contributed by atoms with van der Waals surface area (Å²) in [4.78, 5) is 24.5. The van der Waals surface area contributed by atoms with Crippen LogP contribution in [0.25, 0.3) is 0 Å². The molecule has 4 rings (SSSR count). The van der Waals surface area contributed by atoms with E-state index in [0.29, 0.717) is 30.8 Å². The highest BCUT2D eigenvalue weighted by Gasteiger charge is 2.33. The lowest BCUT2D eigenvalue weighted by Gasteiger charge is -2.31. The standard InChI is InChI=1S/C23H27N3O6S/c1-15-22(27)25-20-13-19(7-8-21(20)32-15)33(29,30)26-11-9-17(10-12-26)23(28)24-14-16-3-5-18(31-2)6-4-16/h3-8,13,15,17H,9-12,14H2,1-2H3,(H,24,28)(H,25,27)/t15-/m1/s1. The van der Waals surface area contributed by atoms with Gasteiger partial charge in [0.2, 0.25) is 15.9 Å². The predicted molar refractivity (Wildman–Crippen MR) is 121 cm³/mol. The van der Waals surface area contributed by atoms with Gasteiger partial charge in [0.15, 0.2) is 6.10 Å². The van der Waals surface area contributed by atoms with Crippen molar-refractivity contribution in [2.45, 2.75) is 37.3 Å². The average molecular weight is 474 g/mol. The van der Waals surface area contributed by atoms with E-state index in [1.807, 2.05) is 24.3 Å². The van der Waals surface area contributed by atoms with E-state index in [4.69, 9.17) is 9.47 Å². The molecule has 2 heterocycles. The van der Waals surface area contributed by atoms with Crippen LogP contribution in [0.5, 0.6) is 11.5 Å². The summed E-state index contributed by atoms with van der Waals surface area (Å²) in [5, 5.41) is 5.61. The van der Waals surface area contributed by atoms with Crippen LogP contribution in [-0.2, 0) is 26.2 Å². The normalized spacial score (nSPS) is 19.2. The fourth-order valence-corrected chi connectivity index (χ4v) is 5.43. The first kappa shape index (κ1) is 23.1. The molecule has 2 aliphatic rings. The minimum absolute atomic E-state index is 0.0781. The Morgan fingerprint density at radius 1 is 1.18 bits per heavy atom. The van der Waals surface area contributed by atoms with Crippen LogP contribution in [0, 0.1) is 5.92 Å². The van der Waals surface area contributed by atoms with Crippen molar-refractivity contribution in [1.29, 1.82) is 0 Å². The number of hydrogen-bond donors (Lipinski definition) is 2. The smallest absolute Gasteiger partial charge is 0.265 e. The van der Waals surface area contributed by atoms with Crippen molar-refractivity contribution < 1.29 is 27.5 Å². The second kappa shape index (κ2) is 9.40. The number of carbonyl (C=O) groups excluding carboxylic acids is 2. The molecule has 2 aromatic rings. The Morgan fingerprint density at radius 3 is 2.55 bits per heavy atom. The van der Waals surface area contributed by atoms with Crippen LogP contribution in [0.4, 0.5) is 5.69 Å². The fraction of sp³-hybridized carbons (Fsp3) is 0.391. The Labute approximate surface area is 193 Å². The Hall–Kier alpha value is -3.11. The first-order valence-corrected chi connectivity index (χ1v) is 12.2. The molecule has 0 bridgehead atoms. The van der Waals surface area contributed by atoms with E-state index in [1.54, 1.807) is 20.1 Å². The number of rotatable bonds is 6. The Balaban J connectivity index is 1.34. The van der Waals surface area contributed by atoms with Crippen LogP contribution in [-0.4, -0.2) is 50.8 Å². The molecule has 1 fully saturated rings. The first-order valence-electron chi connectivity index (χ1n) is 10.8. The maximum Gasteiger partial charge on any atom is 0.265 e. The molecule has 2 N–H and O–H groups in total. The zero-order valence-electron chi connectivity index (χ0n) is 18.5. The van der Waals surface area contributed by atoms with Gasteiger partial charge in [-0.3, -0.25) is 9.59 Å². The Morgan fingerprint density at radius 2 is 1.88 bits per heavy atom. The van der Waals surface area contributed by atoms with Crippen LogP contribution in [0.1, 0.15) is 25.3 Å². The quantitative estimate of drug-likeness (QED) is 0.665. The van der Waals surface area contributed by atoms with Gasteiger partial charge in [0, 0.05) is 25.6 Å². The number of hydrogen-bond acceptors (Lipinski definition) is 6. The lowest BCUT2D eigenvalue weighted by Crippen LogP contribution is -2.43. The summed E-state index contributed by atoms with van der Waals surface area (Å²) in [6.07, 6.45) is 0.251. The van der Waals surface area contributed by atoms with Crippen molar-refractivity contribution in [3.05, 3.63) is 48.0 Å². The highest BCUT2D eigenvalue weighted by molar-refractivity contribution is 7.89. The molecular formula is C23H27N3O6S. The molecular weight excluding hydrogens is 446 g/mol. The van der Waals surface area contributed by atoms with Crippen LogP contribution < -0.4 is 20.1 Å². The summed E-state index contributed by atoms with van der Waals surface area (Å²) in [6, 6.07) is 11.9. The predicted octanol–water partition coefficient (Wildman–Crippen LogP) is 2.13. The molecule has 0 radical (unpaired) electrons. The molecule has 2 aliphatic heterocycles. The van der Waals surface area contributed by atoms with Gasteiger partial charge < -0.3 is 20.1 Å². The molecule has 0 saturated carbocycles. The molecule has 1 saturated heterocycles. The molecule has 10 heteroatoms. The number of nitrogens with one attached hydrogen (secondary N) is 2. The van der Waals surface area contributed by atoms with Gasteiger partial charge in [-0.2, -0.15) is 4.31 Å². The summed E-state index contributed by atoms with van der Waals surface area (Å²) < 4.78 is 38.2. The first-order chi connectivity index (χ1) is 15.8. The third-order valence-electron chi connectivity index (χ3n) is 5.97. The van der Waals surface area contributed by atoms with Crippen LogP contribution >= 0.6 is 0 Å². The van der Waals surface area contributed by atoms with Crippen molar-refractivity contribution in [2.24, 2.45) is 5.92 Å². The fourth-order valence-electron chi connectivity index (χ4n) is 3.93. The second-order valence-corrected chi connectivity index (χ2v) is 10.1. The molecule has 0 aliphatic carbocycles. The van der Waals surface area contributed by atoms with E-state index in [9.17, 15) is 18.0 Å². The van der Waals surface area contributed by atoms with Gasteiger partial charge in [0.25, 0.3) is 5.91 Å². The molecule has 176 valence electrons. The van der Waals surface area contributed by atoms with E-state index in [0.717, 1.165) is 11.3 Å². The average Bonchev–Trinajstić information content (AvgIpc) is 2.83. The van der Waals surface area contributed by atoms with Gasteiger partial charge in [-0.1, -0.05) is 12.1 Å². The van der Waals surface area contributed by atoms with Crippen molar-refractivity contribution in [3.63, 3.8) is 0 Å². The summed E-state index contributed by atoms with van der Waals surface area (Å²) in [6.45, 7) is 2.53. The zero-order chi connectivity index (χ0) is 23.6. The van der Waals surface area contributed by atoms with Gasteiger partial charge >= 0.3 is 0 Å². The number of anilines is 1. The molecule has 0 spiro atoms. The number of sulfonamides is 1. The number of piperidine rings is 1. The minimum Gasteiger partial charge on any atom is -0.497 e. The Kier molecular flexibility index (Phi) is 6.57. The molecule has 9 nitrogen and oxygen atoms in total. The van der Waals surface area contributed by atoms with Crippen molar-refractivity contribution in [1.82, 2.24) is 9.62 Å². The highest BCUT2D eigenvalue weighted by atomic mass is 32.2. The van der Waals surface area contributed by atoms with Gasteiger partial charge in [0.05, 0.1) is 17.7 Å². The number of methoxy groups -OCH3 is 1. The lowest BCUT2D eigenvalue weighted by molar-refractivity contribution is -0.126.